The van der Waals surface area contributed by atoms with Crippen molar-refractivity contribution in [1.29, 1.82) is 0 Å². The van der Waals surface area contributed by atoms with Crippen molar-refractivity contribution in [1.82, 2.24) is 9.88 Å². The van der Waals surface area contributed by atoms with Gasteiger partial charge in [0.05, 0.1) is 15.6 Å². The van der Waals surface area contributed by atoms with Gasteiger partial charge in [0.25, 0.3) is 5.91 Å². The molecule has 1 amide bonds. The zero-order valence-electron chi connectivity index (χ0n) is 12.7. The van der Waals surface area contributed by atoms with Crippen molar-refractivity contribution in [3.8, 4) is 0 Å². The quantitative estimate of drug-likeness (QED) is 0.822. The van der Waals surface area contributed by atoms with Gasteiger partial charge in [-0.1, -0.05) is 6.42 Å². The first-order valence-corrected chi connectivity index (χ1v) is 8.57. The third kappa shape index (κ3) is 2.12. The Morgan fingerprint density at radius 2 is 2.22 bits per heavy atom. The van der Waals surface area contributed by atoms with Crippen LogP contribution in [0.2, 0.25) is 0 Å². The van der Waals surface area contributed by atoms with E-state index in [2.05, 4.69) is 4.98 Å². The van der Waals surface area contributed by atoms with Crippen LogP contribution < -0.4 is 0 Å². The molecule has 3 heterocycles. The van der Waals surface area contributed by atoms with E-state index in [0.717, 1.165) is 15.1 Å². The molecule has 1 saturated carbocycles. The molecule has 4 rings (SSSR count). The molecule has 23 heavy (non-hydrogen) atoms. The van der Waals surface area contributed by atoms with E-state index in [1.807, 2.05) is 13.0 Å². The molecule has 7 heteroatoms. The highest BCUT2D eigenvalue weighted by atomic mass is 32.1. The van der Waals surface area contributed by atoms with Gasteiger partial charge >= 0.3 is 6.18 Å². The number of likely N-dealkylation sites (tertiary alicyclic amines) is 1. The molecule has 1 aliphatic heterocycles. The van der Waals surface area contributed by atoms with Gasteiger partial charge in [0.1, 0.15) is 5.69 Å². The zero-order valence-corrected chi connectivity index (χ0v) is 13.5. The lowest BCUT2D eigenvalue weighted by Crippen LogP contribution is -2.42. The maximum atomic E-state index is 13.6. The van der Waals surface area contributed by atoms with Gasteiger partial charge in [0, 0.05) is 18.0 Å². The minimum absolute atomic E-state index is 0.143. The fraction of sp³-hybridized carbons (Fsp3) is 0.562. The molecular formula is C16H17F3N2OS. The van der Waals surface area contributed by atoms with Crippen LogP contribution in [0, 0.1) is 18.3 Å². The number of rotatable bonds is 1. The van der Waals surface area contributed by atoms with Gasteiger partial charge < -0.3 is 9.88 Å². The number of halogens is 3. The van der Waals surface area contributed by atoms with E-state index in [0.29, 0.717) is 18.5 Å². The predicted molar refractivity (Wildman–Crippen MR) is 82.6 cm³/mol. The molecule has 0 unspecified atom stereocenters. The summed E-state index contributed by atoms with van der Waals surface area (Å²) < 4.78 is 41.7. The molecule has 3 nitrogen and oxygen atoms in total. The lowest BCUT2D eigenvalue weighted by Gasteiger charge is -2.31. The smallest absolute Gasteiger partial charge is 0.350 e. The molecule has 0 bridgehead atoms. The Balaban J connectivity index is 1.61. The zero-order chi connectivity index (χ0) is 16.4. The second kappa shape index (κ2) is 4.75. The number of carbonyl (C=O) groups is 1. The van der Waals surface area contributed by atoms with E-state index in [-0.39, 0.29) is 25.4 Å². The van der Waals surface area contributed by atoms with Crippen LogP contribution in [0.5, 0.6) is 0 Å². The van der Waals surface area contributed by atoms with E-state index in [4.69, 9.17) is 0 Å². The average molecular weight is 342 g/mol. The Morgan fingerprint density at radius 3 is 2.87 bits per heavy atom. The third-order valence-corrected chi connectivity index (χ3v) is 6.38. The highest BCUT2D eigenvalue weighted by Gasteiger charge is 2.65. The molecule has 2 aromatic rings. The van der Waals surface area contributed by atoms with Crippen molar-refractivity contribution in [3.05, 3.63) is 22.7 Å². The van der Waals surface area contributed by atoms with Crippen LogP contribution in [-0.4, -0.2) is 35.1 Å². The minimum Gasteiger partial charge on any atom is -0.350 e. The fourth-order valence-electron chi connectivity index (χ4n) is 4.24. The predicted octanol–water partition coefficient (Wildman–Crippen LogP) is 4.34. The summed E-state index contributed by atoms with van der Waals surface area (Å²) in [7, 11) is 0. The number of aromatic nitrogens is 1. The highest BCUT2D eigenvalue weighted by molar-refractivity contribution is 7.19. The van der Waals surface area contributed by atoms with Gasteiger partial charge in [-0.3, -0.25) is 4.79 Å². The normalized spacial score (nSPS) is 27.8. The summed E-state index contributed by atoms with van der Waals surface area (Å²) in [4.78, 5) is 18.2. The standard InChI is InChI=1S/C16H17F3N2OS/c1-9-5-11-13(23-9)6-12(20-11)14(22)21-7-10-3-2-4-15(10,8-21)16(17,18)19/h5-6,10,20H,2-4,7-8H2,1H3/t10-,15-/m0/s1. The SMILES string of the molecule is Cc1cc2[nH]c(C(=O)N3C[C@@H]4CCC[C@]4(C(F)(F)F)C3)cc2s1. The van der Waals surface area contributed by atoms with Gasteiger partial charge in [-0.25, -0.2) is 0 Å². The fourth-order valence-corrected chi connectivity index (χ4v) is 5.16. The molecular weight excluding hydrogens is 325 g/mol. The van der Waals surface area contributed by atoms with Crippen LogP contribution in [0.4, 0.5) is 13.2 Å². The van der Waals surface area contributed by atoms with Gasteiger partial charge in [0.15, 0.2) is 0 Å². The van der Waals surface area contributed by atoms with Crippen LogP contribution in [0.3, 0.4) is 0 Å². The van der Waals surface area contributed by atoms with Crippen LogP contribution in [0.15, 0.2) is 12.1 Å². The molecule has 0 aromatic carbocycles. The molecule has 124 valence electrons. The number of alkyl halides is 3. The number of aromatic amines is 1. The van der Waals surface area contributed by atoms with Gasteiger partial charge in [-0.15, -0.1) is 11.3 Å². The largest absolute Gasteiger partial charge is 0.396 e. The summed E-state index contributed by atoms with van der Waals surface area (Å²) in [6.07, 6.45) is -2.94. The Morgan fingerprint density at radius 1 is 1.43 bits per heavy atom. The molecule has 1 saturated heterocycles. The lowest BCUT2D eigenvalue weighted by atomic mass is 9.80. The van der Waals surface area contributed by atoms with Crippen LogP contribution in [0.1, 0.15) is 34.6 Å². The summed E-state index contributed by atoms with van der Waals surface area (Å²) in [5.74, 6) is -0.770. The van der Waals surface area contributed by atoms with E-state index in [1.165, 1.54) is 4.90 Å². The van der Waals surface area contributed by atoms with Crippen molar-refractivity contribution >= 4 is 27.5 Å². The van der Waals surface area contributed by atoms with E-state index < -0.39 is 17.5 Å². The van der Waals surface area contributed by atoms with Crippen LogP contribution in [-0.2, 0) is 0 Å². The Kier molecular flexibility index (Phi) is 3.11. The Bertz CT molecular complexity index is 746. The maximum Gasteiger partial charge on any atom is 0.396 e. The van der Waals surface area contributed by atoms with Crippen molar-refractivity contribution in [2.75, 3.05) is 13.1 Å². The van der Waals surface area contributed by atoms with E-state index in [9.17, 15) is 18.0 Å². The molecule has 2 aliphatic rings. The molecule has 2 atom stereocenters. The molecule has 1 aliphatic carbocycles. The number of hydrogen-bond acceptors (Lipinski definition) is 2. The topological polar surface area (TPSA) is 36.1 Å². The monoisotopic (exact) mass is 342 g/mol. The summed E-state index contributed by atoms with van der Waals surface area (Å²) in [5.41, 5.74) is -0.423. The molecule has 2 aromatic heterocycles. The summed E-state index contributed by atoms with van der Waals surface area (Å²) in [5, 5.41) is 0. The molecule has 0 radical (unpaired) electrons. The highest BCUT2D eigenvalue weighted by Crippen LogP contribution is 2.57. The first-order valence-electron chi connectivity index (χ1n) is 7.75. The Labute approximate surface area is 135 Å². The lowest BCUT2D eigenvalue weighted by molar-refractivity contribution is -0.226. The van der Waals surface area contributed by atoms with E-state index >= 15 is 0 Å². The van der Waals surface area contributed by atoms with Crippen molar-refractivity contribution in [2.24, 2.45) is 11.3 Å². The minimum atomic E-state index is -4.24. The number of H-pyrrole nitrogens is 1. The molecule has 0 spiro atoms. The number of nitrogens with zero attached hydrogens (tertiary/aromatic N) is 1. The number of hydrogen-bond donors (Lipinski definition) is 1. The van der Waals surface area contributed by atoms with Crippen LogP contribution >= 0.6 is 11.3 Å². The van der Waals surface area contributed by atoms with Crippen LogP contribution in [0.25, 0.3) is 10.2 Å². The number of thiophene rings is 1. The first-order chi connectivity index (χ1) is 10.8. The molecule has 2 fully saturated rings. The summed E-state index contributed by atoms with van der Waals surface area (Å²) in [6.45, 7) is 1.99. The number of amides is 1. The second-order valence-electron chi connectivity index (χ2n) is 6.75. The second-order valence-corrected chi connectivity index (χ2v) is 8.03. The maximum absolute atomic E-state index is 13.6. The summed E-state index contributed by atoms with van der Waals surface area (Å²) >= 11 is 1.57. The van der Waals surface area contributed by atoms with Gasteiger partial charge in [0.2, 0.25) is 0 Å². The number of carbonyl (C=O) groups excluding carboxylic acids is 1. The first kappa shape index (κ1) is 15.1. The van der Waals surface area contributed by atoms with E-state index in [1.54, 1.807) is 17.4 Å². The van der Waals surface area contributed by atoms with Gasteiger partial charge in [-0.2, -0.15) is 13.2 Å². The van der Waals surface area contributed by atoms with Crippen molar-refractivity contribution in [3.63, 3.8) is 0 Å². The Hall–Kier alpha value is -1.50. The number of fused-ring (bicyclic) bond motifs is 2. The average Bonchev–Trinajstić information content (AvgIpc) is 3.12. The summed E-state index contributed by atoms with van der Waals surface area (Å²) in [6, 6.07) is 3.70. The number of nitrogens with one attached hydrogen (secondary N) is 1. The number of aryl methyl sites for hydroxylation is 1. The van der Waals surface area contributed by atoms with Crippen molar-refractivity contribution < 1.29 is 18.0 Å². The van der Waals surface area contributed by atoms with Gasteiger partial charge in [-0.05, 0) is 37.8 Å². The third-order valence-electron chi connectivity index (χ3n) is 5.38. The molecule has 1 N–H and O–H groups in total. The van der Waals surface area contributed by atoms with Crippen molar-refractivity contribution in [2.45, 2.75) is 32.4 Å².